The SMILES string of the molecule is C=CCN(Cc1ccc(Cl)s1)C(=O)c1ccc(CS(=O)(=O)c2ccccc2)o1. The van der Waals surface area contributed by atoms with Gasteiger partial charge in [0.2, 0.25) is 0 Å². The average Bonchev–Trinajstić information content (AvgIpc) is 3.30. The minimum Gasteiger partial charge on any atom is -0.455 e. The fourth-order valence-corrected chi connectivity index (χ4v) is 5.00. The van der Waals surface area contributed by atoms with Crippen LogP contribution in [0, 0.1) is 0 Å². The molecular formula is C20H18ClNO4S2. The molecule has 0 radical (unpaired) electrons. The van der Waals surface area contributed by atoms with Gasteiger partial charge in [0.1, 0.15) is 11.5 Å². The lowest BCUT2D eigenvalue weighted by molar-refractivity contribution is 0.0730. The maximum absolute atomic E-state index is 12.8. The predicted octanol–water partition coefficient (Wildman–Crippen LogP) is 4.80. The van der Waals surface area contributed by atoms with Crippen LogP contribution in [-0.4, -0.2) is 25.8 Å². The highest BCUT2D eigenvalue weighted by Crippen LogP contribution is 2.24. The molecule has 0 fully saturated rings. The molecular weight excluding hydrogens is 418 g/mol. The average molecular weight is 436 g/mol. The van der Waals surface area contributed by atoms with Crippen molar-refractivity contribution < 1.29 is 17.6 Å². The van der Waals surface area contributed by atoms with Gasteiger partial charge in [-0.05, 0) is 36.4 Å². The van der Waals surface area contributed by atoms with Gasteiger partial charge in [0, 0.05) is 11.4 Å². The first-order chi connectivity index (χ1) is 13.4. The summed E-state index contributed by atoms with van der Waals surface area (Å²) in [5.41, 5.74) is 0. The molecule has 0 atom stereocenters. The topological polar surface area (TPSA) is 67.6 Å². The van der Waals surface area contributed by atoms with Crippen LogP contribution in [0.4, 0.5) is 0 Å². The van der Waals surface area contributed by atoms with Gasteiger partial charge in [0.25, 0.3) is 5.91 Å². The number of rotatable bonds is 8. The molecule has 0 bridgehead atoms. The summed E-state index contributed by atoms with van der Waals surface area (Å²) in [4.78, 5) is 15.5. The number of carbonyl (C=O) groups is 1. The van der Waals surface area contributed by atoms with Gasteiger partial charge in [-0.25, -0.2) is 8.42 Å². The van der Waals surface area contributed by atoms with Gasteiger partial charge in [0.05, 0.1) is 15.8 Å². The minimum absolute atomic E-state index is 0.0859. The number of halogens is 1. The Morgan fingerprint density at radius 2 is 1.89 bits per heavy atom. The summed E-state index contributed by atoms with van der Waals surface area (Å²) >= 11 is 7.34. The number of furan rings is 1. The van der Waals surface area contributed by atoms with Crippen LogP contribution in [0.3, 0.4) is 0 Å². The molecule has 3 aromatic rings. The summed E-state index contributed by atoms with van der Waals surface area (Å²) in [5, 5.41) is 0. The molecule has 8 heteroatoms. The Morgan fingerprint density at radius 3 is 2.54 bits per heavy atom. The maximum Gasteiger partial charge on any atom is 0.290 e. The van der Waals surface area contributed by atoms with Crippen LogP contribution < -0.4 is 0 Å². The van der Waals surface area contributed by atoms with Gasteiger partial charge >= 0.3 is 0 Å². The van der Waals surface area contributed by atoms with E-state index in [1.807, 2.05) is 6.07 Å². The number of sulfone groups is 1. The molecule has 0 aliphatic heterocycles. The Hall–Kier alpha value is -2.35. The zero-order valence-corrected chi connectivity index (χ0v) is 17.3. The fraction of sp³-hybridized carbons (Fsp3) is 0.150. The molecule has 1 amide bonds. The quantitative estimate of drug-likeness (QED) is 0.477. The lowest BCUT2D eigenvalue weighted by Gasteiger charge is -2.19. The molecule has 2 aromatic heterocycles. The molecule has 0 aliphatic rings. The van der Waals surface area contributed by atoms with Crippen molar-refractivity contribution in [2.24, 2.45) is 0 Å². The summed E-state index contributed by atoms with van der Waals surface area (Å²) in [6, 6.07) is 14.8. The summed E-state index contributed by atoms with van der Waals surface area (Å²) in [7, 11) is -3.55. The van der Waals surface area contributed by atoms with Gasteiger partial charge in [-0.15, -0.1) is 17.9 Å². The van der Waals surface area contributed by atoms with Crippen LogP contribution in [0.15, 0.2) is 76.6 Å². The zero-order chi connectivity index (χ0) is 20.1. The minimum atomic E-state index is -3.55. The zero-order valence-electron chi connectivity index (χ0n) is 14.9. The Morgan fingerprint density at radius 1 is 1.14 bits per heavy atom. The summed E-state index contributed by atoms with van der Waals surface area (Å²) in [5.74, 6) is -0.354. The molecule has 0 unspecified atom stereocenters. The smallest absolute Gasteiger partial charge is 0.290 e. The van der Waals surface area contributed by atoms with Crippen molar-refractivity contribution in [1.82, 2.24) is 4.90 Å². The van der Waals surface area contributed by atoms with E-state index in [2.05, 4.69) is 6.58 Å². The first kappa shape index (κ1) is 20.4. The third kappa shape index (κ3) is 4.92. The molecule has 1 aromatic carbocycles. The van der Waals surface area contributed by atoms with Crippen molar-refractivity contribution in [3.05, 3.63) is 88.0 Å². The Balaban J connectivity index is 1.75. The summed E-state index contributed by atoms with van der Waals surface area (Å²) in [6.07, 6.45) is 1.62. The van der Waals surface area contributed by atoms with E-state index in [9.17, 15) is 13.2 Å². The number of carbonyl (C=O) groups excluding carboxylic acids is 1. The molecule has 146 valence electrons. The van der Waals surface area contributed by atoms with E-state index in [-0.39, 0.29) is 28.1 Å². The molecule has 3 rings (SSSR count). The van der Waals surface area contributed by atoms with E-state index in [0.717, 1.165) is 4.88 Å². The number of hydrogen-bond acceptors (Lipinski definition) is 5. The van der Waals surface area contributed by atoms with E-state index >= 15 is 0 Å². The third-order valence-electron chi connectivity index (χ3n) is 3.92. The van der Waals surface area contributed by atoms with Crippen molar-refractivity contribution in [2.45, 2.75) is 17.2 Å². The molecule has 0 saturated heterocycles. The maximum atomic E-state index is 12.8. The highest BCUT2D eigenvalue weighted by atomic mass is 35.5. The van der Waals surface area contributed by atoms with Crippen LogP contribution in [0.2, 0.25) is 4.34 Å². The molecule has 2 heterocycles. The number of thiophene rings is 1. The van der Waals surface area contributed by atoms with Crippen molar-refractivity contribution in [2.75, 3.05) is 6.54 Å². The van der Waals surface area contributed by atoms with Crippen molar-refractivity contribution >= 4 is 38.7 Å². The summed E-state index contributed by atoms with van der Waals surface area (Å²) < 4.78 is 31.2. The van der Waals surface area contributed by atoms with Gasteiger partial charge in [-0.2, -0.15) is 0 Å². The second-order valence-corrected chi connectivity index (χ2v) is 9.81. The second kappa shape index (κ2) is 8.77. The molecule has 0 aliphatic carbocycles. The second-order valence-electron chi connectivity index (χ2n) is 6.02. The summed E-state index contributed by atoms with van der Waals surface area (Å²) in [6.45, 7) is 4.37. The number of nitrogens with zero attached hydrogens (tertiary/aromatic N) is 1. The third-order valence-corrected chi connectivity index (χ3v) is 6.79. The van der Waals surface area contributed by atoms with E-state index in [0.29, 0.717) is 17.4 Å². The lowest BCUT2D eigenvalue weighted by atomic mass is 10.3. The van der Waals surface area contributed by atoms with E-state index in [1.165, 1.54) is 35.6 Å². The van der Waals surface area contributed by atoms with E-state index < -0.39 is 9.84 Å². The van der Waals surface area contributed by atoms with Crippen molar-refractivity contribution in [1.29, 1.82) is 0 Å². The largest absolute Gasteiger partial charge is 0.455 e. The van der Waals surface area contributed by atoms with Crippen LogP contribution in [0.25, 0.3) is 0 Å². The monoisotopic (exact) mass is 435 g/mol. The molecule has 5 nitrogen and oxygen atoms in total. The van der Waals surface area contributed by atoms with Gasteiger partial charge < -0.3 is 9.32 Å². The number of hydrogen-bond donors (Lipinski definition) is 0. The van der Waals surface area contributed by atoms with Gasteiger partial charge in [-0.1, -0.05) is 35.9 Å². The first-order valence-corrected chi connectivity index (χ1v) is 11.2. The van der Waals surface area contributed by atoms with Crippen LogP contribution in [0.5, 0.6) is 0 Å². The lowest BCUT2D eigenvalue weighted by Crippen LogP contribution is -2.30. The molecule has 0 spiro atoms. The van der Waals surface area contributed by atoms with E-state index in [4.69, 9.17) is 16.0 Å². The highest BCUT2D eigenvalue weighted by molar-refractivity contribution is 7.90. The van der Waals surface area contributed by atoms with Crippen molar-refractivity contribution in [3.8, 4) is 0 Å². The number of benzene rings is 1. The molecule has 28 heavy (non-hydrogen) atoms. The normalized spacial score (nSPS) is 11.3. The Bertz CT molecular complexity index is 1070. The predicted molar refractivity (Wildman–Crippen MR) is 110 cm³/mol. The van der Waals surface area contributed by atoms with Gasteiger partial charge in [-0.3, -0.25) is 4.79 Å². The van der Waals surface area contributed by atoms with E-state index in [1.54, 1.807) is 35.2 Å². The Labute approximate surface area is 172 Å². The molecule has 0 N–H and O–H groups in total. The first-order valence-electron chi connectivity index (χ1n) is 8.40. The van der Waals surface area contributed by atoms with Crippen LogP contribution >= 0.6 is 22.9 Å². The molecule has 0 saturated carbocycles. The Kier molecular flexibility index (Phi) is 6.39. The van der Waals surface area contributed by atoms with Gasteiger partial charge in [0.15, 0.2) is 15.6 Å². The van der Waals surface area contributed by atoms with Crippen LogP contribution in [0.1, 0.15) is 21.2 Å². The number of amides is 1. The van der Waals surface area contributed by atoms with Crippen molar-refractivity contribution in [3.63, 3.8) is 0 Å². The standard InChI is InChI=1S/C20H18ClNO4S2/c1-2-12-22(13-16-9-11-19(21)27-16)20(23)18-10-8-15(26-18)14-28(24,25)17-6-4-3-5-7-17/h2-11H,1,12-14H2. The highest BCUT2D eigenvalue weighted by Gasteiger charge is 2.22. The fourth-order valence-electron chi connectivity index (χ4n) is 2.62. The van der Waals surface area contributed by atoms with Crippen LogP contribution in [-0.2, 0) is 22.1 Å².